The molecule has 3 nitrogen and oxygen atoms in total. The zero-order valence-electron chi connectivity index (χ0n) is 9.96. The number of ether oxygens (including phenoxy) is 1. The summed E-state index contributed by atoms with van der Waals surface area (Å²) >= 11 is 1.26. The monoisotopic (exact) mass is 270 g/mol. The van der Waals surface area contributed by atoms with Gasteiger partial charge in [-0.1, -0.05) is 48.7 Å². The van der Waals surface area contributed by atoms with Crippen LogP contribution in [0.1, 0.15) is 10.4 Å². The third kappa shape index (κ3) is 1.94. The number of thioether (sulfide) groups is 1. The fourth-order valence-corrected chi connectivity index (χ4v) is 3.20. The lowest BCUT2D eigenvalue weighted by atomic mass is 10.0. The summed E-state index contributed by atoms with van der Waals surface area (Å²) in [7, 11) is 0. The van der Waals surface area contributed by atoms with Crippen molar-refractivity contribution in [3.8, 4) is 0 Å². The minimum Gasteiger partial charge on any atom is -0.439 e. The summed E-state index contributed by atoms with van der Waals surface area (Å²) < 4.78 is 5.06. The number of benzene rings is 2. The molecule has 0 N–H and O–H groups in total. The van der Waals surface area contributed by atoms with Gasteiger partial charge in [-0.05, 0) is 16.8 Å². The summed E-state index contributed by atoms with van der Waals surface area (Å²) in [4.78, 5) is 24.4. The number of ketones is 1. The van der Waals surface area contributed by atoms with Gasteiger partial charge in [0.05, 0.1) is 0 Å². The largest absolute Gasteiger partial charge is 0.439 e. The molecule has 1 atom stereocenters. The van der Waals surface area contributed by atoms with Crippen molar-refractivity contribution in [3.05, 3.63) is 54.6 Å². The van der Waals surface area contributed by atoms with Crippen molar-refractivity contribution in [2.24, 2.45) is 0 Å². The molecule has 0 radical (unpaired) electrons. The average Bonchev–Trinajstić information content (AvgIpc) is 2.76. The van der Waals surface area contributed by atoms with Crippen LogP contribution in [0.25, 0.3) is 10.8 Å². The third-order valence-corrected chi connectivity index (χ3v) is 4.09. The van der Waals surface area contributed by atoms with Crippen molar-refractivity contribution >= 4 is 34.3 Å². The Morgan fingerprint density at radius 3 is 2.84 bits per heavy atom. The van der Waals surface area contributed by atoms with E-state index in [1.165, 1.54) is 11.8 Å². The molecule has 2 aromatic carbocycles. The molecular formula is C15H10O3S. The van der Waals surface area contributed by atoms with E-state index in [9.17, 15) is 9.59 Å². The molecule has 3 rings (SSSR count). The van der Waals surface area contributed by atoms with E-state index in [0.717, 1.165) is 21.7 Å². The smallest absolute Gasteiger partial charge is 0.331 e. The van der Waals surface area contributed by atoms with Crippen molar-refractivity contribution < 1.29 is 14.3 Å². The second-order valence-corrected chi connectivity index (χ2v) is 5.22. The molecule has 0 saturated carbocycles. The summed E-state index contributed by atoms with van der Waals surface area (Å²) in [5, 5.41) is 1.90. The lowest BCUT2D eigenvalue weighted by Crippen LogP contribution is -2.19. The van der Waals surface area contributed by atoms with Crippen LogP contribution in [0.4, 0.5) is 0 Å². The Balaban J connectivity index is 2.06. The Morgan fingerprint density at radius 1 is 1.26 bits per heavy atom. The standard InChI is InChI=1S/C15H10O3S/c1-2-12(16)18-15-14(17)13-10-6-4-3-5-9(10)7-8-11(13)19-15/h2-8,15H,1H2. The molecule has 0 fully saturated rings. The zero-order valence-corrected chi connectivity index (χ0v) is 10.8. The molecule has 1 aliphatic heterocycles. The minimum atomic E-state index is -0.800. The Hall–Kier alpha value is -2.07. The molecule has 0 amide bonds. The summed E-state index contributed by atoms with van der Waals surface area (Å²) in [6.07, 6.45) is 1.06. The van der Waals surface area contributed by atoms with Crippen LogP contribution in [0.5, 0.6) is 0 Å². The molecule has 1 heterocycles. The van der Waals surface area contributed by atoms with Gasteiger partial charge in [-0.2, -0.15) is 0 Å². The molecule has 1 unspecified atom stereocenters. The molecule has 94 valence electrons. The van der Waals surface area contributed by atoms with Crippen LogP contribution in [0.3, 0.4) is 0 Å². The molecule has 2 aromatic rings. The van der Waals surface area contributed by atoms with Gasteiger partial charge >= 0.3 is 5.97 Å². The summed E-state index contributed by atoms with van der Waals surface area (Å²) in [5.41, 5.74) is -0.156. The van der Waals surface area contributed by atoms with Gasteiger partial charge in [-0.25, -0.2) is 4.79 Å². The van der Waals surface area contributed by atoms with Gasteiger partial charge < -0.3 is 4.74 Å². The van der Waals surface area contributed by atoms with Crippen LogP contribution >= 0.6 is 11.8 Å². The van der Waals surface area contributed by atoms with Crippen LogP contribution in [-0.2, 0) is 9.53 Å². The van der Waals surface area contributed by atoms with E-state index in [4.69, 9.17) is 4.74 Å². The van der Waals surface area contributed by atoms with Crippen molar-refractivity contribution in [3.63, 3.8) is 0 Å². The van der Waals surface area contributed by atoms with Gasteiger partial charge in [-0.3, -0.25) is 4.79 Å². The first-order chi connectivity index (χ1) is 9.20. The van der Waals surface area contributed by atoms with Crippen LogP contribution in [-0.4, -0.2) is 17.2 Å². The molecule has 0 saturated heterocycles. The topological polar surface area (TPSA) is 43.4 Å². The van der Waals surface area contributed by atoms with Crippen LogP contribution in [0, 0.1) is 0 Å². The van der Waals surface area contributed by atoms with Crippen LogP contribution < -0.4 is 0 Å². The molecule has 19 heavy (non-hydrogen) atoms. The highest BCUT2D eigenvalue weighted by molar-refractivity contribution is 8.01. The number of carbonyl (C=O) groups excluding carboxylic acids is 2. The predicted octanol–water partition coefficient (Wildman–Crippen LogP) is 3.18. The number of Topliss-reactive ketones (excluding diaryl/α,β-unsaturated/α-hetero) is 1. The second kappa shape index (κ2) is 4.55. The third-order valence-electron chi connectivity index (χ3n) is 2.98. The van der Waals surface area contributed by atoms with Crippen molar-refractivity contribution in [2.75, 3.05) is 0 Å². The van der Waals surface area contributed by atoms with E-state index in [1.54, 1.807) is 0 Å². The quantitative estimate of drug-likeness (QED) is 0.621. The molecule has 1 aliphatic rings. The van der Waals surface area contributed by atoms with E-state index in [1.807, 2.05) is 36.4 Å². The molecule has 0 aliphatic carbocycles. The lowest BCUT2D eigenvalue weighted by molar-refractivity contribution is -0.137. The second-order valence-electron chi connectivity index (χ2n) is 4.11. The van der Waals surface area contributed by atoms with Crippen molar-refractivity contribution in [1.82, 2.24) is 0 Å². The summed E-state index contributed by atoms with van der Waals surface area (Å²) in [5.74, 6) is -0.741. The van der Waals surface area contributed by atoms with Crippen LogP contribution in [0.15, 0.2) is 53.9 Å². The number of rotatable bonds is 2. The Kier molecular flexibility index (Phi) is 2.87. The Morgan fingerprint density at radius 2 is 2.05 bits per heavy atom. The van der Waals surface area contributed by atoms with Gasteiger partial charge in [0.2, 0.25) is 11.2 Å². The average molecular weight is 270 g/mol. The van der Waals surface area contributed by atoms with Gasteiger partial charge in [0, 0.05) is 16.5 Å². The van der Waals surface area contributed by atoms with Gasteiger partial charge in [-0.15, -0.1) is 0 Å². The molecular weight excluding hydrogens is 260 g/mol. The van der Waals surface area contributed by atoms with Crippen molar-refractivity contribution in [1.29, 1.82) is 0 Å². The first-order valence-corrected chi connectivity index (χ1v) is 6.64. The maximum atomic E-state index is 12.3. The van der Waals surface area contributed by atoms with E-state index in [2.05, 4.69) is 6.58 Å². The fourth-order valence-electron chi connectivity index (χ4n) is 2.12. The number of hydrogen-bond donors (Lipinski definition) is 0. The fraction of sp³-hybridized carbons (Fsp3) is 0.0667. The van der Waals surface area contributed by atoms with E-state index in [0.29, 0.717) is 5.56 Å². The highest BCUT2D eigenvalue weighted by Crippen LogP contribution is 2.41. The van der Waals surface area contributed by atoms with Gasteiger partial charge in [0.15, 0.2) is 0 Å². The maximum Gasteiger partial charge on any atom is 0.331 e. The first kappa shape index (κ1) is 12.0. The van der Waals surface area contributed by atoms with Gasteiger partial charge in [0.25, 0.3) is 0 Å². The lowest BCUT2D eigenvalue weighted by Gasteiger charge is -2.06. The minimum absolute atomic E-state index is 0.160. The normalized spacial score (nSPS) is 17.3. The Bertz CT molecular complexity index is 706. The number of hydrogen-bond acceptors (Lipinski definition) is 4. The van der Waals surface area contributed by atoms with Crippen LogP contribution in [0.2, 0.25) is 0 Å². The molecule has 0 aromatic heterocycles. The maximum absolute atomic E-state index is 12.3. The Labute approximate surface area is 114 Å². The zero-order chi connectivity index (χ0) is 13.4. The van der Waals surface area contributed by atoms with E-state index < -0.39 is 11.4 Å². The number of fused-ring (bicyclic) bond motifs is 3. The van der Waals surface area contributed by atoms with E-state index >= 15 is 0 Å². The highest BCUT2D eigenvalue weighted by Gasteiger charge is 2.35. The molecule has 0 spiro atoms. The molecule has 0 bridgehead atoms. The van der Waals surface area contributed by atoms with Crippen molar-refractivity contribution in [2.45, 2.75) is 10.3 Å². The molecule has 4 heteroatoms. The predicted molar refractivity (Wildman–Crippen MR) is 74.2 cm³/mol. The number of esters is 1. The number of carbonyl (C=O) groups is 2. The summed E-state index contributed by atoms with van der Waals surface area (Å²) in [6.45, 7) is 3.33. The first-order valence-electron chi connectivity index (χ1n) is 5.76. The summed E-state index contributed by atoms with van der Waals surface area (Å²) in [6, 6.07) is 11.5. The highest BCUT2D eigenvalue weighted by atomic mass is 32.2. The van der Waals surface area contributed by atoms with Gasteiger partial charge in [0.1, 0.15) is 0 Å². The van der Waals surface area contributed by atoms with E-state index in [-0.39, 0.29) is 5.78 Å². The SMILES string of the molecule is C=CC(=O)OC1Sc2ccc3ccccc3c2C1=O.